The predicted octanol–water partition coefficient (Wildman–Crippen LogP) is 4.17. The SMILES string of the molecule is CC(=O)c1ccc(N[C@H](C)c2nnc(-c3cccs3)o2)cc1. The van der Waals surface area contributed by atoms with Crippen molar-refractivity contribution in [2.45, 2.75) is 19.9 Å². The third-order valence-corrected chi connectivity index (χ3v) is 4.08. The summed E-state index contributed by atoms with van der Waals surface area (Å²) in [5.74, 6) is 1.11. The molecule has 0 aliphatic rings. The zero-order valence-electron chi connectivity index (χ0n) is 12.2. The number of rotatable bonds is 5. The lowest BCUT2D eigenvalue weighted by Gasteiger charge is -2.11. The highest BCUT2D eigenvalue weighted by Crippen LogP contribution is 2.26. The molecule has 5 nitrogen and oxygen atoms in total. The van der Waals surface area contributed by atoms with Gasteiger partial charge in [0.2, 0.25) is 5.89 Å². The van der Waals surface area contributed by atoms with Crippen LogP contribution in [0.5, 0.6) is 0 Å². The summed E-state index contributed by atoms with van der Waals surface area (Å²) in [5.41, 5.74) is 1.59. The van der Waals surface area contributed by atoms with Gasteiger partial charge in [-0.05, 0) is 49.6 Å². The number of Topliss-reactive ketones (excluding diaryl/α,β-unsaturated/α-hetero) is 1. The quantitative estimate of drug-likeness (QED) is 0.716. The second-order valence-corrected chi connectivity index (χ2v) is 5.87. The smallest absolute Gasteiger partial charge is 0.257 e. The first-order valence-corrected chi connectivity index (χ1v) is 7.76. The van der Waals surface area contributed by atoms with Crippen LogP contribution in [0, 0.1) is 0 Å². The molecule has 0 fully saturated rings. The van der Waals surface area contributed by atoms with Crippen molar-refractivity contribution in [1.82, 2.24) is 10.2 Å². The number of benzene rings is 1. The second kappa shape index (κ2) is 6.11. The van der Waals surface area contributed by atoms with Crippen LogP contribution < -0.4 is 5.32 Å². The van der Waals surface area contributed by atoms with Gasteiger partial charge in [0.1, 0.15) is 6.04 Å². The Balaban J connectivity index is 1.71. The first-order valence-electron chi connectivity index (χ1n) is 6.88. The van der Waals surface area contributed by atoms with Crippen molar-refractivity contribution < 1.29 is 9.21 Å². The molecule has 0 saturated heterocycles. The fourth-order valence-corrected chi connectivity index (χ4v) is 2.67. The molecule has 0 aliphatic carbocycles. The molecule has 1 N–H and O–H groups in total. The molecule has 0 spiro atoms. The van der Waals surface area contributed by atoms with Crippen LogP contribution in [0.3, 0.4) is 0 Å². The van der Waals surface area contributed by atoms with Gasteiger partial charge in [-0.2, -0.15) is 0 Å². The Morgan fingerprint density at radius 2 is 2.00 bits per heavy atom. The zero-order chi connectivity index (χ0) is 15.5. The summed E-state index contributed by atoms with van der Waals surface area (Å²) in [6.45, 7) is 3.50. The lowest BCUT2D eigenvalue weighted by molar-refractivity contribution is 0.101. The Morgan fingerprint density at radius 3 is 2.64 bits per heavy atom. The fourth-order valence-electron chi connectivity index (χ4n) is 2.02. The van der Waals surface area contributed by atoms with E-state index in [0.29, 0.717) is 17.3 Å². The van der Waals surface area contributed by atoms with Crippen molar-refractivity contribution in [1.29, 1.82) is 0 Å². The average molecular weight is 313 g/mol. The van der Waals surface area contributed by atoms with Crippen LogP contribution in [0.1, 0.15) is 36.1 Å². The van der Waals surface area contributed by atoms with Crippen molar-refractivity contribution in [3.8, 4) is 10.8 Å². The Hall–Kier alpha value is -2.47. The monoisotopic (exact) mass is 313 g/mol. The topological polar surface area (TPSA) is 68.0 Å². The molecule has 112 valence electrons. The maximum absolute atomic E-state index is 11.3. The van der Waals surface area contributed by atoms with Gasteiger partial charge in [0.25, 0.3) is 5.89 Å². The van der Waals surface area contributed by atoms with E-state index in [0.717, 1.165) is 10.6 Å². The minimum atomic E-state index is -0.121. The Labute approximate surface area is 132 Å². The number of carbonyl (C=O) groups excluding carboxylic acids is 1. The fraction of sp³-hybridized carbons (Fsp3) is 0.188. The minimum absolute atomic E-state index is 0.0529. The van der Waals surface area contributed by atoms with Crippen LogP contribution in [0.15, 0.2) is 46.2 Å². The van der Waals surface area contributed by atoms with Crippen molar-refractivity contribution in [2.75, 3.05) is 5.32 Å². The standard InChI is InChI=1S/C16H15N3O2S/c1-10(17-13-7-5-12(6-8-13)11(2)20)15-18-19-16(21-15)14-4-3-9-22-14/h3-10,17H,1-2H3/t10-/m1/s1. The minimum Gasteiger partial charge on any atom is -0.418 e. The molecular formula is C16H15N3O2S. The van der Waals surface area contributed by atoms with Gasteiger partial charge in [0.05, 0.1) is 4.88 Å². The van der Waals surface area contributed by atoms with Crippen LogP contribution in [0.4, 0.5) is 5.69 Å². The van der Waals surface area contributed by atoms with Crippen LogP contribution >= 0.6 is 11.3 Å². The molecule has 0 saturated carbocycles. The molecule has 0 amide bonds. The summed E-state index contributed by atoms with van der Waals surface area (Å²) in [6.07, 6.45) is 0. The molecule has 0 radical (unpaired) electrons. The number of hydrogen-bond acceptors (Lipinski definition) is 6. The molecule has 3 rings (SSSR count). The van der Waals surface area contributed by atoms with Crippen LogP contribution in [-0.4, -0.2) is 16.0 Å². The molecule has 0 aliphatic heterocycles. The van der Waals surface area contributed by atoms with Gasteiger partial charge < -0.3 is 9.73 Å². The second-order valence-electron chi connectivity index (χ2n) is 4.92. The Kier molecular flexibility index (Phi) is 4.02. The maximum atomic E-state index is 11.3. The first-order chi connectivity index (χ1) is 10.6. The van der Waals surface area contributed by atoms with E-state index < -0.39 is 0 Å². The summed E-state index contributed by atoms with van der Waals surface area (Å²) < 4.78 is 5.70. The molecule has 0 bridgehead atoms. The van der Waals surface area contributed by atoms with E-state index in [9.17, 15) is 4.79 Å². The number of aromatic nitrogens is 2. The van der Waals surface area contributed by atoms with Gasteiger partial charge in [-0.15, -0.1) is 21.5 Å². The van der Waals surface area contributed by atoms with E-state index in [1.54, 1.807) is 30.4 Å². The maximum Gasteiger partial charge on any atom is 0.257 e. The van der Waals surface area contributed by atoms with Gasteiger partial charge in [-0.3, -0.25) is 4.79 Å². The summed E-state index contributed by atoms with van der Waals surface area (Å²) >= 11 is 1.56. The average Bonchev–Trinajstić information content (AvgIpc) is 3.19. The van der Waals surface area contributed by atoms with E-state index in [2.05, 4.69) is 15.5 Å². The van der Waals surface area contributed by atoms with Gasteiger partial charge in [0.15, 0.2) is 5.78 Å². The van der Waals surface area contributed by atoms with Crippen molar-refractivity contribution in [3.05, 3.63) is 53.2 Å². The van der Waals surface area contributed by atoms with Crippen LogP contribution in [0.25, 0.3) is 10.8 Å². The number of nitrogens with one attached hydrogen (secondary N) is 1. The van der Waals surface area contributed by atoms with Gasteiger partial charge in [-0.1, -0.05) is 6.07 Å². The first kappa shape index (κ1) is 14.5. The highest BCUT2D eigenvalue weighted by atomic mass is 32.1. The number of hydrogen-bond donors (Lipinski definition) is 1. The molecule has 0 unspecified atom stereocenters. The third kappa shape index (κ3) is 3.07. The summed E-state index contributed by atoms with van der Waals surface area (Å²) in [4.78, 5) is 12.2. The molecule has 3 aromatic rings. The normalized spacial score (nSPS) is 12.1. The number of anilines is 1. The van der Waals surface area contributed by atoms with Gasteiger partial charge in [0, 0.05) is 11.3 Å². The summed E-state index contributed by atoms with van der Waals surface area (Å²) in [7, 11) is 0. The lowest BCUT2D eigenvalue weighted by Crippen LogP contribution is -2.07. The third-order valence-electron chi connectivity index (χ3n) is 3.22. The van der Waals surface area contributed by atoms with Crippen molar-refractivity contribution in [3.63, 3.8) is 0 Å². The van der Waals surface area contributed by atoms with Gasteiger partial charge >= 0.3 is 0 Å². The zero-order valence-corrected chi connectivity index (χ0v) is 13.1. The Morgan fingerprint density at radius 1 is 1.23 bits per heavy atom. The van der Waals surface area contributed by atoms with Gasteiger partial charge in [-0.25, -0.2) is 0 Å². The van der Waals surface area contributed by atoms with E-state index in [-0.39, 0.29) is 11.8 Å². The van der Waals surface area contributed by atoms with Crippen LogP contribution in [-0.2, 0) is 0 Å². The van der Waals surface area contributed by atoms with E-state index in [1.165, 1.54) is 0 Å². The lowest BCUT2D eigenvalue weighted by atomic mass is 10.1. The predicted molar refractivity (Wildman–Crippen MR) is 86.1 cm³/mol. The molecular weight excluding hydrogens is 298 g/mol. The molecule has 1 atom stereocenters. The number of ketones is 1. The summed E-state index contributed by atoms with van der Waals surface area (Å²) in [6, 6.07) is 11.1. The molecule has 2 aromatic heterocycles. The summed E-state index contributed by atoms with van der Waals surface area (Å²) in [5, 5.41) is 13.4. The Bertz CT molecular complexity index is 763. The highest BCUT2D eigenvalue weighted by Gasteiger charge is 2.15. The van der Waals surface area contributed by atoms with Crippen molar-refractivity contribution in [2.24, 2.45) is 0 Å². The van der Waals surface area contributed by atoms with Crippen molar-refractivity contribution >= 4 is 22.8 Å². The van der Waals surface area contributed by atoms with E-state index in [4.69, 9.17) is 4.42 Å². The number of carbonyl (C=O) groups is 1. The van der Waals surface area contributed by atoms with Crippen LogP contribution in [0.2, 0.25) is 0 Å². The number of thiophene rings is 1. The molecule has 22 heavy (non-hydrogen) atoms. The highest BCUT2D eigenvalue weighted by molar-refractivity contribution is 7.13. The number of nitrogens with zero attached hydrogens (tertiary/aromatic N) is 2. The van der Waals surface area contributed by atoms with E-state index >= 15 is 0 Å². The molecule has 6 heteroatoms. The molecule has 1 aromatic carbocycles. The largest absolute Gasteiger partial charge is 0.418 e. The van der Waals surface area contributed by atoms with E-state index in [1.807, 2.05) is 36.6 Å². The molecule has 2 heterocycles.